The zero-order valence-corrected chi connectivity index (χ0v) is 12.6. The monoisotopic (exact) mass is 272 g/mol. The second-order valence-corrected chi connectivity index (χ2v) is 5.97. The van der Waals surface area contributed by atoms with E-state index in [1.807, 2.05) is 12.1 Å². The van der Waals surface area contributed by atoms with E-state index in [0.29, 0.717) is 5.92 Å². The second-order valence-electron chi connectivity index (χ2n) is 5.97. The van der Waals surface area contributed by atoms with E-state index in [0.717, 1.165) is 18.7 Å². The van der Waals surface area contributed by atoms with Gasteiger partial charge in [0.15, 0.2) is 0 Å². The number of rotatable bonds is 3. The Morgan fingerprint density at radius 3 is 2.65 bits per heavy atom. The Bertz CT molecular complexity index is 504. The molecule has 0 radical (unpaired) electrons. The fourth-order valence-electron chi connectivity index (χ4n) is 3.42. The van der Waals surface area contributed by atoms with Crippen LogP contribution in [0.1, 0.15) is 55.6 Å². The Hall–Kier alpha value is -1.51. The predicted octanol–water partition coefficient (Wildman–Crippen LogP) is 3.78. The maximum absolute atomic E-state index is 5.66. The van der Waals surface area contributed by atoms with E-state index in [-0.39, 0.29) is 0 Å². The van der Waals surface area contributed by atoms with Gasteiger partial charge in [-0.25, -0.2) is 0 Å². The van der Waals surface area contributed by atoms with Crippen molar-refractivity contribution < 1.29 is 4.74 Å². The van der Waals surface area contributed by atoms with Crippen LogP contribution in [-0.4, -0.2) is 31.4 Å². The van der Waals surface area contributed by atoms with Crippen LogP contribution in [0.2, 0.25) is 0 Å². The van der Waals surface area contributed by atoms with Gasteiger partial charge in [0, 0.05) is 25.6 Å². The molecule has 2 aliphatic rings. The summed E-state index contributed by atoms with van der Waals surface area (Å²) in [6, 6.07) is 6.68. The van der Waals surface area contributed by atoms with Crippen LogP contribution in [0.4, 0.5) is 0 Å². The molecule has 1 saturated carbocycles. The van der Waals surface area contributed by atoms with Crippen molar-refractivity contribution in [1.82, 2.24) is 5.01 Å². The molecule has 3 heteroatoms. The van der Waals surface area contributed by atoms with E-state index in [1.54, 1.807) is 7.11 Å². The van der Waals surface area contributed by atoms with Gasteiger partial charge in [0.25, 0.3) is 0 Å². The Morgan fingerprint density at radius 2 is 2.00 bits per heavy atom. The molecule has 0 amide bonds. The molecule has 0 spiro atoms. The van der Waals surface area contributed by atoms with Crippen LogP contribution in [0.15, 0.2) is 23.3 Å². The molecule has 0 bridgehead atoms. The minimum atomic E-state index is 0.681. The van der Waals surface area contributed by atoms with Crippen molar-refractivity contribution in [2.75, 3.05) is 20.7 Å². The summed E-state index contributed by atoms with van der Waals surface area (Å²) in [6.07, 6.45) is 7.74. The fourth-order valence-corrected chi connectivity index (χ4v) is 3.42. The van der Waals surface area contributed by atoms with Crippen LogP contribution in [0.5, 0.6) is 5.75 Å². The quantitative estimate of drug-likeness (QED) is 0.836. The number of benzene rings is 1. The van der Waals surface area contributed by atoms with Crippen molar-refractivity contribution in [2.45, 2.75) is 44.4 Å². The minimum absolute atomic E-state index is 0.681. The molecule has 0 atom stereocenters. The molecule has 0 saturated heterocycles. The highest BCUT2D eigenvalue weighted by Gasteiger charge is 2.21. The van der Waals surface area contributed by atoms with Gasteiger partial charge in [-0.2, -0.15) is 5.10 Å². The SMILES string of the molecule is COc1cc(C2=NN(C)CC2)ccc1C1CCCCC1. The summed E-state index contributed by atoms with van der Waals surface area (Å²) in [4.78, 5) is 0. The first-order valence-corrected chi connectivity index (χ1v) is 7.75. The molecule has 1 aromatic carbocycles. The zero-order valence-electron chi connectivity index (χ0n) is 12.6. The lowest BCUT2D eigenvalue weighted by Gasteiger charge is -2.24. The first-order valence-electron chi connectivity index (χ1n) is 7.75. The van der Waals surface area contributed by atoms with Gasteiger partial charge in [0.1, 0.15) is 5.75 Å². The standard InChI is InChI=1S/C17H24N2O/c1-19-11-10-16(18-19)14-8-9-15(17(12-14)20-2)13-6-4-3-5-7-13/h8-9,12-13H,3-7,10-11H2,1-2H3. The average molecular weight is 272 g/mol. The van der Waals surface area contributed by atoms with Crippen molar-refractivity contribution in [3.05, 3.63) is 29.3 Å². The number of methoxy groups -OCH3 is 1. The average Bonchev–Trinajstić information content (AvgIpc) is 2.94. The zero-order chi connectivity index (χ0) is 13.9. The summed E-state index contributed by atoms with van der Waals surface area (Å²) in [6.45, 7) is 1.02. The van der Waals surface area contributed by atoms with Crippen LogP contribution in [0, 0.1) is 0 Å². The summed E-state index contributed by atoms with van der Waals surface area (Å²) in [5.41, 5.74) is 3.79. The summed E-state index contributed by atoms with van der Waals surface area (Å²) < 4.78 is 5.66. The normalized spacial score (nSPS) is 20.1. The van der Waals surface area contributed by atoms with Crippen molar-refractivity contribution in [3.63, 3.8) is 0 Å². The van der Waals surface area contributed by atoms with Gasteiger partial charge in [0.2, 0.25) is 0 Å². The van der Waals surface area contributed by atoms with Gasteiger partial charge in [-0.3, -0.25) is 5.01 Å². The highest BCUT2D eigenvalue weighted by atomic mass is 16.5. The van der Waals surface area contributed by atoms with E-state index in [2.05, 4.69) is 23.3 Å². The van der Waals surface area contributed by atoms with Crippen LogP contribution < -0.4 is 4.74 Å². The van der Waals surface area contributed by atoms with Crippen molar-refractivity contribution in [2.24, 2.45) is 5.10 Å². The molecule has 1 fully saturated rings. The fraction of sp³-hybridized carbons (Fsp3) is 0.588. The van der Waals surface area contributed by atoms with E-state index in [9.17, 15) is 0 Å². The number of ether oxygens (including phenoxy) is 1. The molecule has 0 unspecified atom stereocenters. The maximum atomic E-state index is 5.66. The predicted molar refractivity (Wildman–Crippen MR) is 82.6 cm³/mol. The lowest BCUT2D eigenvalue weighted by atomic mass is 9.83. The third kappa shape index (κ3) is 2.67. The van der Waals surface area contributed by atoms with Crippen LogP contribution in [-0.2, 0) is 0 Å². The topological polar surface area (TPSA) is 24.8 Å². The first-order chi connectivity index (χ1) is 9.78. The molecule has 0 aromatic heterocycles. The minimum Gasteiger partial charge on any atom is -0.496 e. The van der Waals surface area contributed by atoms with Gasteiger partial charge < -0.3 is 4.74 Å². The number of nitrogens with zero attached hydrogens (tertiary/aromatic N) is 2. The van der Waals surface area contributed by atoms with Crippen molar-refractivity contribution in [1.29, 1.82) is 0 Å². The van der Waals surface area contributed by atoms with E-state index < -0.39 is 0 Å². The molecule has 0 N–H and O–H groups in total. The molecule has 1 aliphatic heterocycles. The lowest BCUT2D eigenvalue weighted by molar-refractivity contribution is 0.387. The molecule has 20 heavy (non-hydrogen) atoms. The highest BCUT2D eigenvalue weighted by Crippen LogP contribution is 2.38. The van der Waals surface area contributed by atoms with Gasteiger partial charge in [-0.15, -0.1) is 0 Å². The molecule has 3 rings (SSSR count). The smallest absolute Gasteiger partial charge is 0.122 e. The Labute approximate surface area is 121 Å². The molecule has 108 valence electrons. The van der Waals surface area contributed by atoms with E-state index in [4.69, 9.17) is 4.74 Å². The maximum Gasteiger partial charge on any atom is 0.122 e. The molecule has 1 aliphatic carbocycles. The number of hydrogen-bond acceptors (Lipinski definition) is 3. The van der Waals surface area contributed by atoms with Gasteiger partial charge in [-0.05, 0) is 30.4 Å². The first kappa shape index (κ1) is 13.5. The molecule has 1 heterocycles. The largest absolute Gasteiger partial charge is 0.496 e. The molecule has 1 aromatic rings. The van der Waals surface area contributed by atoms with Crippen LogP contribution >= 0.6 is 0 Å². The van der Waals surface area contributed by atoms with Crippen LogP contribution in [0.3, 0.4) is 0 Å². The summed E-state index contributed by atoms with van der Waals surface area (Å²) >= 11 is 0. The Morgan fingerprint density at radius 1 is 1.20 bits per heavy atom. The third-order valence-electron chi connectivity index (χ3n) is 4.58. The van der Waals surface area contributed by atoms with Gasteiger partial charge >= 0.3 is 0 Å². The van der Waals surface area contributed by atoms with Crippen molar-refractivity contribution in [3.8, 4) is 5.75 Å². The van der Waals surface area contributed by atoms with Gasteiger partial charge in [-0.1, -0.05) is 31.4 Å². The summed E-state index contributed by atoms with van der Waals surface area (Å²) in [5.74, 6) is 1.73. The van der Waals surface area contributed by atoms with E-state index in [1.165, 1.54) is 48.9 Å². The van der Waals surface area contributed by atoms with E-state index >= 15 is 0 Å². The molecular formula is C17H24N2O. The summed E-state index contributed by atoms with van der Waals surface area (Å²) in [7, 11) is 3.81. The number of hydrogen-bond donors (Lipinski definition) is 0. The molecule has 3 nitrogen and oxygen atoms in total. The lowest BCUT2D eigenvalue weighted by Crippen LogP contribution is -2.07. The Kier molecular flexibility index (Phi) is 3.95. The molecular weight excluding hydrogens is 248 g/mol. The van der Waals surface area contributed by atoms with Crippen LogP contribution in [0.25, 0.3) is 0 Å². The second kappa shape index (κ2) is 5.86. The third-order valence-corrected chi connectivity index (χ3v) is 4.58. The summed E-state index contributed by atoms with van der Waals surface area (Å²) in [5, 5.41) is 6.58. The number of hydrazone groups is 1. The van der Waals surface area contributed by atoms with Crippen molar-refractivity contribution >= 4 is 5.71 Å². The Balaban J connectivity index is 1.87. The van der Waals surface area contributed by atoms with Gasteiger partial charge in [0.05, 0.1) is 12.8 Å². The highest BCUT2D eigenvalue weighted by molar-refractivity contribution is 6.01.